The van der Waals surface area contributed by atoms with E-state index in [1.165, 1.54) is 31.5 Å². The number of hydrazone groups is 1. The summed E-state index contributed by atoms with van der Waals surface area (Å²) >= 11 is 3.34. The maximum atomic E-state index is 13.7. The summed E-state index contributed by atoms with van der Waals surface area (Å²) in [5, 5.41) is 3.84. The van der Waals surface area contributed by atoms with Gasteiger partial charge in [0.25, 0.3) is 5.91 Å². The normalized spacial score (nSPS) is 10.6. The number of carbonyl (C=O) groups excluding carboxylic acids is 2. The van der Waals surface area contributed by atoms with E-state index in [4.69, 9.17) is 9.47 Å². The summed E-state index contributed by atoms with van der Waals surface area (Å²) in [6, 6.07) is 17.0. The Kier molecular flexibility index (Phi) is 6.92. The molecular weight excluding hydrogens is 455 g/mol. The van der Waals surface area contributed by atoms with Crippen LogP contribution in [0.5, 0.6) is 11.5 Å². The maximum absolute atomic E-state index is 13.7. The van der Waals surface area contributed by atoms with E-state index in [1.54, 1.807) is 48.5 Å². The number of amides is 1. The van der Waals surface area contributed by atoms with Gasteiger partial charge in [0.1, 0.15) is 17.3 Å². The predicted octanol–water partition coefficient (Wildman–Crippen LogP) is 4.58. The van der Waals surface area contributed by atoms with E-state index < -0.39 is 17.7 Å². The first-order valence-corrected chi connectivity index (χ1v) is 9.51. The third kappa shape index (κ3) is 5.30. The number of benzene rings is 3. The number of nitrogens with one attached hydrogen (secondary N) is 1. The number of esters is 1. The molecule has 1 amide bonds. The molecule has 3 aromatic carbocycles. The highest BCUT2D eigenvalue weighted by Crippen LogP contribution is 2.23. The minimum absolute atomic E-state index is 0.130. The monoisotopic (exact) mass is 470 g/mol. The van der Waals surface area contributed by atoms with Gasteiger partial charge in [0.05, 0.1) is 24.5 Å². The van der Waals surface area contributed by atoms with Crippen LogP contribution in [0.3, 0.4) is 0 Å². The van der Waals surface area contributed by atoms with E-state index in [0.29, 0.717) is 21.3 Å². The van der Waals surface area contributed by atoms with Crippen molar-refractivity contribution >= 4 is 34.0 Å². The molecule has 0 aliphatic rings. The average molecular weight is 471 g/mol. The maximum Gasteiger partial charge on any atom is 0.343 e. The fourth-order valence-electron chi connectivity index (χ4n) is 2.47. The van der Waals surface area contributed by atoms with Crippen molar-refractivity contribution < 1.29 is 23.5 Å². The van der Waals surface area contributed by atoms with Crippen molar-refractivity contribution in [2.24, 2.45) is 5.10 Å². The Labute approximate surface area is 180 Å². The lowest BCUT2D eigenvalue weighted by Crippen LogP contribution is -2.19. The van der Waals surface area contributed by atoms with Gasteiger partial charge in [0, 0.05) is 10.0 Å². The molecule has 0 fully saturated rings. The molecule has 1 N–H and O–H groups in total. The van der Waals surface area contributed by atoms with Gasteiger partial charge in [-0.2, -0.15) is 5.10 Å². The smallest absolute Gasteiger partial charge is 0.343 e. The van der Waals surface area contributed by atoms with E-state index in [2.05, 4.69) is 26.5 Å². The molecule has 0 atom stereocenters. The minimum atomic E-state index is -0.698. The van der Waals surface area contributed by atoms with Gasteiger partial charge < -0.3 is 9.47 Å². The Morgan fingerprint density at radius 1 is 1.07 bits per heavy atom. The van der Waals surface area contributed by atoms with Crippen LogP contribution in [-0.4, -0.2) is 25.2 Å². The quantitative estimate of drug-likeness (QED) is 0.247. The van der Waals surface area contributed by atoms with Crippen LogP contribution in [0.4, 0.5) is 4.39 Å². The van der Waals surface area contributed by atoms with Gasteiger partial charge >= 0.3 is 5.97 Å². The van der Waals surface area contributed by atoms with Crippen LogP contribution in [0.15, 0.2) is 76.3 Å². The summed E-state index contributed by atoms with van der Waals surface area (Å²) in [5.74, 6) is -1.06. The zero-order valence-corrected chi connectivity index (χ0v) is 17.4. The van der Waals surface area contributed by atoms with Crippen LogP contribution < -0.4 is 14.9 Å². The summed E-state index contributed by atoms with van der Waals surface area (Å²) in [4.78, 5) is 24.5. The second kappa shape index (κ2) is 9.80. The molecule has 0 saturated carbocycles. The summed E-state index contributed by atoms with van der Waals surface area (Å²) in [6.45, 7) is 0. The molecule has 0 spiro atoms. The zero-order valence-electron chi connectivity index (χ0n) is 15.8. The largest absolute Gasteiger partial charge is 0.497 e. The van der Waals surface area contributed by atoms with Crippen LogP contribution in [0.2, 0.25) is 0 Å². The minimum Gasteiger partial charge on any atom is -0.497 e. The van der Waals surface area contributed by atoms with Gasteiger partial charge in [0.15, 0.2) is 0 Å². The standard InChI is InChI=1S/C22H16BrFN2O4/c1-29-17-9-6-14(7-10-17)22(28)30-20-11-8-16(23)12-15(20)13-25-26-21(27)18-4-2-3-5-19(18)24/h2-13H,1H3,(H,26,27). The Hall–Kier alpha value is -3.52. The molecule has 0 radical (unpaired) electrons. The van der Waals surface area contributed by atoms with E-state index in [9.17, 15) is 14.0 Å². The molecule has 0 aliphatic heterocycles. The van der Waals surface area contributed by atoms with Gasteiger partial charge in [-0.15, -0.1) is 0 Å². The Morgan fingerprint density at radius 2 is 1.80 bits per heavy atom. The lowest BCUT2D eigenvalue weighted by atomic mass is 10.2. The first-order valence-electron chi connectivity index (χ1n) is 8.71. The third-order valence-corrected chi connectivity index (χ3v) is 4.48. The van der Waals surface area contributed by atoms with Crippen molar-refractivity contribution in [2.75, 3.05) is 7.11 Å². The first-order chi connectivity index (χ1) is 14.5. The van der Waals surface area contributed by atoms with Crippen LogP contribution >= 0.6 is 15.9 Å². The van der Waals surface area contributed by atoms with E-state index in [0.717, 1.165) is 0 Å². The highest BCUT2D eigenvalue weighted by molar-refractivity contribution is 9.10. The van der Waals surface area contributed by atoms with Gasteiger partial charge in [-0.1, -0.05) is 28.1 Å². The van der Waals surface area contributed by atoms with Gasteiger partial charge in [0.2, 0.25) is 0 Å². The second-order valence-corrected chi connectivity index (χ2v) is 6.89. The zero-order chi connectivity index (χ0) is 21.5. The van der Waals surface area contributed by atoms with E-state index in [1.807, 2.05) is 0 Å². The molecule has 0 heterocycles. The Morgan fingerprint density at radius 3 is 2.50 bits per heavy atom. The van der Waals surface area contributed by atoms with Crippen LogP contribution in [-0.2, 0) is 0 Å². The molecule has 0 bridgehead atoms. The molecule has 3 aromatic rings. The Bertz CT molecular complexity index is 1100. The molecule has 8 heteroatoms. The van der Waals surface area contributed by atoms with E-state index in [-0.39, 0.29) is 11.3 Å². The molecule has 30 heavy (non-hydrogen) atoms. The molecule has 0 aromatic heterocycles. The topological polar surface area (TPSA) is 77.0 Å². The van der Waals surface area contributed by atoms with Gasteiger partial charge in [-0.25, -0.2) is 14.6 Å². The molecule has 0 saturated heterocycles. The lowest BCUT2D eigenvalue weighted by molar-refractivity contribution is 0.0734. The van der Waals surface area contributed by atoms with Crippen molar-refractivity contribution in [3.63, 3.8) is 0 Å². The number of rotatable bonds is 6. The van der Waals surface area contributed by atoms with Crippen molar-refractivity contribution in [3.8, 4) is 11.5 Å². The molecule has 3 rings (SSSR count). The summed E-state index contributed by atoms with van der Waals surface area (Å²) < 4.78 is 24.9. The van der Waals surface area contributed by atoms with Crippen molar-refractivity contribution in [3.05, 3.63) is 93.7 Å². The van der Waals surface area contributed by atoms with Gasteiger partial charge in [-0.3, -0.25) is 4.79 Å². The summed E-state index contributed by atoms with van der Waals surface area (Å²) in [7, 11) is 1.53. The molecule has 0 aliphatic carbocycles. The number of hydrogen-bond acceptors (Lipinski definition) is 5. The highest BCUT2D eigenvalue weighted by atomic mass is 79.9. The predicted molar refractivity (Wildman–Crippen MR) is 114 cm³/mol. The van der Waals surface area contributed by atoms with Gasteiger partial charge in [-0.05, 0) is 54.6 Å². The Balaban J connectivity index is 1.74. The fraction of sp³-hybridized carbons (Fsp3) is 0.0455. The average Bonchev–Trinajstić information content (AvgIpc) is 2.75. The molecule has 0 unspecified atom stereocenters. The third-order valence-electron chi connectivity index (χ3n) is 3.99. The number of hydrogen-bond donors (Lipinski definition) is 1. The highest BCUT2D eigenvalue weighted by Gasteiger charge is 2.13. The van der Waals surface area contributed by atoms with Crippen LogP contribution in [0.1, 0.15) is 26.3 Å². The number of carbonyl (C=O) groups is 2. The lowest BCUT2D eigenvalue weighted by Gasteiger charge is -2.08. The van der Waals surface area contributed by atoms with Crippen molar-refractivity contribution in [1.82, 2.24) is 5.43 Å². The number of methoxy groups -OCH3 is 1. The number of halogens is 2. The summed E-state index contributed by atoms with van der Waals surface area (Å²) in [5.41, 5.74) is 2.90. The number of nitrogens with zero attached hydrogens (tertiary/aromatic N) is 1. The molecule has 152 valence electrons. The molecule has 6 nitrogen and oxygen atoms in total. The molecular formula is C22H16BrFN2O4. The summed E-state index contributed by atoms with van der Waals surface area (Å²) in [6.07, 6.45) is 1.31. The fourth-order valence-corrected chi connectivity index (χ4v) is 2.84. The second-order valence-electron chi connectivity index (χ2n) is 5.98. The first kappa shape index (κ1) is 21.2. The SMILES string of the molecule is COc1ccc(C(=O)Oc2ccc(Br)cc2C=NNC(=O)c2ccccc2F)cc1. The van der Waals surface area contributed by atoms with E-state index >= 15 is 0 Å². The number of ether oxygens (including phenoxy) is 2. The van der Waals surface area contributed by atoms with Crippen LogP contribution in [0.25, 0.3) is 0 Å². The van der Waals surface area contributed by atoms with Crippen LogP contribution in [0, 0.1) is 5.82 Å². The van der Waals surface area contributed by atoms with Crippen molar-refractivity contribution in [2.45, 2.75) is 0 Å². The van der Waals surface area contributed by atoms with Crippen molar-refractivity contribution in [1.29, 1.82) is 0 Å².